The highest BCUT2D eigenvalue weighted by molar-refractivity contribution is 5.79. The predicted molar refractivity (Wildman–Crippen MR) is 54.3 cm³/mol. The second-order valence-electron chi connectivity index (χ2n) is 3.25. The van der Waals surface area contributed by atoms with Crippen LogP contribution in [0.3, 0.4) is 0 Å². The van der Waals surface area contributed by atoms with Crippen molar-refractivity contribution in [2.75, 3.05) is 0 Å². The van der Waals surface area contributed by atoms with E-state index < -0.39 is 0 Å². The summed E-state index contributed by atoms with van der Waals surface area (Å²) in [7, 11) is 0. The Morgan fingerprint density at radius 2 is 2.50 bits per heavy atom. The Bertz CT molecular complexity index is 318. The van der Waals surface area contributed by atoms with Gasteiger partial charge in [-0.2, -0.15) is 0 Å². The van der Waals surface area contributed by atoms with E-state index in [0.29, 0.717) is 6.42 Å². The first-order valence-electron chi connectivity index (χ1n) is 4.67. The quantitative estimate of drug-likeness (QED) is 0.328. The number of nitrogens with zero attached hydrogens (tertiary/aromatic N) is 3. The van der Waals surface area contributed by atoms with Crippen molar-refractivity contribution >= 4 is 5.84 Å². The Morgan fingerprint density at radius 3 is 3.07 bits per heavy atom. The van der Waals surface area contributed by atoms with E-state index in [4.69, 9.17) is 10.9 Å². The summed E-state index contributed by atoms with van der Waals surface area (Å²) in [5.41, 5.74) is 5.44. The van der Waals surface area contributed by atoms with Gasteiger partial charge in [0.2, 0.25) is 0 Å². The number of imidazole rings is 1. The third-order valence-electron chi connectivity index (χ3n) is 2.17. The minimum Gasteiger partial charge on any atom is -0.409 e. The average molecular weight is 196 g/mol. The van der Waals surface area contributed by atoms with Crippen molar-refractivity contribution in [1.82, 2.24) is 9.55 Å². The van der Waals surface area contributed by atoms with E-state index in [1.54, 1.807) is 6.20 Å². The number of aryl methyl sites for hydroxylation is 1. The molecule has 0 fully saturated rings. The lowest BCUT2D eigenvalue weighted by Gasteiger charge is -2.14. The maximum atomic E-state index is 8.45. The van der Waals surface area contributed by atoms with Crippen molar-refractivity contribution in [1.29, 1.82) is 0 Å². The molecule has 3 N–H and O–H groups in total. The number of aromatic nitrogens is 2. The summed E-state index contributed by atoms with van der Waals surface area (Å²) in [5, 5.41) is 11.4. The van der Waals surface area contributed by atoms with Crippen LogP contribution in [0.1, 0.15) is 32.1 Å². The molecule has 0 aliphatic carbocycles. The molecule has 0 saturated heterocycles. The molecular formula is C9H16N4O. The van der Waals surface area contributed by atoms with Crippen LogP contribution in [0.15, 0.2) is 17.5 Å². The van der Waals surface area contributed by atoms with Gasteiger partial charge >= 0.3 is 0 Å². The minimum absolute atomic E-state index is 0.170. The molecule has 1 aromatic rings. The van der Waals surface area contributed by atoms with E-state index >= 15 is 0 Å². The number of hydrogen-bond acceptors (Lipinski definition) is 3. The lowest BCUT2D eigenvalue weighted by atomic mass is 10.2. The standard InChI is InChI=1S/C9H16N4O/c1-3-9-11-4-5-13(9)7(2)6-8(10)12-14/h4-5,7,14H,3,6H2,1-2H3,(H2,10,12). The summed E-state index contributed by atoms with van der Waals surface area (Å²) in [6, 6.07) is 0.170. The lowest BCUT2D eigenvalue weighted by molar-refractivity contribution is 0.315. The molecule has 1 atom stereocenters. The van der Waals surface area contributed by atoms with Crippen LogP contribution < -0.4 is 5.73 Å². The highest BCUT2D eigenvalue weighted by Gasteiger charge is 2.10. The van der Waals surface area contributed by atoms with Crippen LogP contribution in [0.5, 0.6) is 0 Å². The predicted octanol–water partition coefficient (Wildman–Crippen LogP) is 1.14. The monoisotopic (exact) mass is 196 g/mol. The minimum atomic E-state index is 0.170. The molecule has 5 nitrogen and oxygen atoms in total. The average Bonchev–Trinajstić information content (AvgIpc) is 2.65. The van der Waals surface area contributed by atoms with Crippen molar-refractivity contribution in [3.8, 4) is 0 Å². The van der Waals surface area contributed by atoms with E-state index in [-0.39, 0.29) is 11.9 Å². The van der Waals surface area contributed by atoms with Gasteiger partial charge < -0.3 is 15.5 Å². The first-order valence-corrected chi connectivity index (χ1v) is 4.67. The van der Waals surface area contributed by atoms with Gasteiger partial charge in [0.05, 0.1) is 0 Å². The first kappa shape index (κ1) is 10.6. The molecular weight excluding hydrogens is 180 g/mol. The molecule has 0 aliphatic rings. The van der Waals surface area contributed by atoms with E-state index in [1.807, 2.05) is 17.7 Å². The number of hydrogen-bond donors (Lipinski definition) is 2. The SMILES string of the molecule is CCc1nccn1C(C)CC(N)=NO. The van der Waals surface area contributed by atoms with Crippen LogP contribution in [-0.2, 0) is 6.42 Å². The van der Waals surface area contributed by atoms with Crippen LogP contribution in [0.25, 0.3) is 0 Å². The fourth-order valence-corrected chi connectivity index (χ4v) is 1.46. The van der Waals surface area contributed by atoms with Gasteiger partial charge in [0.25, 0.3) is 0 Å². The molecule has 1 heterocycles. The van der Waals surface area contributed by atoms with Crippen LogP contribution in [-0.4, -0.2) is 20.6 Å². The highest BCUT2D eigenvalue weighted by atomic mass is 16.4. The Balaban J connectivity index is 2.73. The molecule has 1 aromatic heterocycles. The van der Waals surface area contributed by atoms with Gasteiger partial charge in [-0.15, -0.1) is 0 Å². The fraction of sp³-hybridized carbons (Fsp3) is 0.556. The molecule has 1 rings (SSSR count). The normalized spacial score (nSPS) is 14.3. The van der Waals surface area contributed by atoms with Crippen molar-refractivity contribution in [2.45, 2.75) is 32.7 Å². The molecule has 0 aliphatic heterocycles. The molecule has 78 valence electrons. The van der Waals surface area contributed by atoms with Crippen molar-refractivity contribution < 1.29 is 5.21 Å². The molecule has 14 heavy (non-hydrogen) atoms. The van der Waals surface area contributed by atoms with Gasteiger partial charge in [0.15, 0.2) is 0 Å². The molecule has 0 saturated carbocycles. The summed E-state index contributed by atoms with van der Waals surface area (Å²) >= 11 is 0. The van der Waals surface area contributed by atoms with Crippen molar-refractivity contribution in [2.24, 2.45) is 10.9 Å². The molecule has 0 radical (unpaired) electrons. The first-order chi connectivity index (χ1) is 6.69. The van der Waals surface area contributed by atoms with Gasteiger partial charge in [-0.25, -0.2) is 4.98 Å². The summed E-state index contributed by atoms with van der Waals surface area (Å²) in [6.45, 7) is 4.06. The fourth-order valence-electron chi connectivity index (χ4n) is 1.46. The van der Waals surface area contributed by atoms with Gasteiger partial charge in [-0.05, 0) is 6.92 Å². The van der Waals surface area contributed by atoms with Crippen molar-refractivity contribution in [3.63, 3.8) is 0 Å². The molecule has 0 aromatic carbocycles. The second-order valence-corrected chi connectivity index (χ2v) is 3.25. The molecule has 0 amide bonds. The van der Waals surface area contributed by atoms with E-state index in [1.165, 1.54) is 0 Å². The zero-order valence-electron chi connectivity index (χ0n) is 8.51. The number of oxime groups is 1. The smallest absolute Gasteiger partial charge is 0.141 e. The largest absolute Gasteiger partial charge is 0.409 e. The number of nitrogens with two attached hydrogens (primary N) is 1. The van der Waals surface area contributed by atoms with Gasteiger partial charge in [-0.1, -0.05) is 12.1 Å². The third-order valence-corrected chi connectivity index (χ3v) is 2.17. The summed E-state index contributed by atoms with van der Waals surface area (Å²) < 4.78 is 2.04. The number of amidine groups is 1. The van der Waals surface area contributed by atoms with Crippen LogP contribution in [0, 0.1) is 0 Å². The Morgan fingerprint density at radius 1 is 1.79 bits per heavy atom. The van der Waals surface area contributed by atoms with Gasteiger partial charge in [-0.3, -0.25) is 0 Å². The van der Waals surface area contributed by atoms with E-state index in [9.17, 15) is 0 Å². The zero-order chi connectivity index (χ0) is 10.6. The number of rotatable bonds is 4. The van der Waals surface area contributed by atoms with E-state index in [2.05, 4.69) is 17.1 Å². The van der Waals surface area contributed by atoms with Gasteiger partial charge in [0.1, 0.15) is 11.7 Å². The molecule has 0 bridgehead atoms. The van der Waals surface area contributed by atoms with Crippen LogP contribution in [0.2, 0.25) is 0 Å². The topological polar surface area (TPSA) is 76.4 Å². The second kappa shape index (κ2) is 4.64. The Labute approximate surface area is 83.2 Å². The molecule has 1 unspecified atom stereocenters. The maximum Gasteiger partial charge on any atom is 0.141 e. The highest BCUT2D eigenvalue weighted by Crippen LogP contribution is 2.13. The third kappa shape index (κ3) is 2.25. The van der Waals surface area contributed by atoms with Gasteiger partial charge in [0, 0.05) is 31.3 Å². The summed E-state index contributed by atoms with van der Waals surface area (Å²) in [6.07, 6.45) is 5.09. The van der Waals surface area contributed by atoms with Crippen LogP contribution in [0.4, 0.5) is 0 Å². The Kier molecular flexibility index (Phi) is 3.50. The Hall–Kier alpha value is -1.52. The van der Waals surface area contributed by atoms with E-state index in [0.717, 1.165) is 12.2 Å². The molecule has 0 spiro atoms. The zero-order valence-corrected chi connectivity index (χ0v) is 8.51. The lowest BCUT2D eigenvalue weighted by Crippen LogP contribution is -2.18. The molecule has 5 heteroatoms. The maximum absolute atomic E-state index is 8.45. The van der Waals surface area contributed by atoms with Crippen molar-refractivity contribution in [3.05, 3.63) is 18.2 Å². The van der Waals surface area contributed by atoms with Crippen LogP contribution >= 0.6 is 0 Å². The summed E-state index contributed by atoms with van der Waals surface area (Å²) in [5.74, 6) is 1.26. The summed E-state index contributed by atoms with van der Waals surface area (Å²) in [4.78, 5) is 4.21.